The normalized spacial score (nSPS) is 20.7. The third-order valence-electron chi connectivity index (χ3n) is 3.61. The molecule has 21 heavy (non-hydrogen) atoms. The Balaban J connectivity index is 2.23. The monoisotopic (exact) mass is 311 g/mol. The Labute approximate surface area is 123 Å². The molecule has 1 aliphatic rings. The molecule has 1 amide bonds. The van der Waals surface area contributed by atoms with Crippen molar-refractivity contribution in [2.45, 2.75) is 31.4 Å². The molecule has 1 aromatic carbocycles. The van der Waals surface area contributed by atoms with Crippen molar-refractivity contribution in [3.8, 4) is 0 Å². The zero-order valence-electron chi connectivity index (χ0n) is 11.6. The van der Waals surface area contributed by atoms with Gasteiger partial charge in [0.15, 0.2) is 9.84 Å². The lowest BCUT2D eigenvalue weighted by Crippen LogP contribution is -2.39. The summed E-state index contributed by atoms with van der Waals surface area (Å²) in [6.07, 6.45) is 1.59. The van der Waals surface area contributed by atoms with Crippen molar-refractivity contribution in [2.75, 3.05) is 11.1 Å². The highest BCUT2D eigenvalue weighted by Gasteiger charge is 2.34. The number of aromatic carboxylic acids is 1. The number of aryl methyl sites for hydroxylation is 1. The van der Waals surface area contributed by atoms with Crippen LogP contribution in [0.5, 0.6) is 0 Å². The number of sulfone groups is 1. The minimum atomic E-state index is -3.41. The summed E-state index contributed by atoms with van der Waals surface area (Å²) < 4.78 is 23.8. The van der Waals surface area contributed by atoms with E-state index >= 15 is 0 Å². The van der Waals surface area contributed by atoms with Gasteiger partial charge in [0.25, 0.3) is 0 Å². The number of carboxylic acid groups (broad SMARTS) is 1. The van der Waals surface area contributed by atoms with Gasteiger partial charge in [-0.2, -0.15) is 0 Å². The Bertz CT molecular complexity index is 681. The van der Waals surface area contributed by atoms with Gasteiger partial charge in [0.2, 0.25) is 5.91 Å². The number of nitrogens with one attached hydrogen (secondary N) is 1. The Kier molecular flexibility index (Phi) is 4.32. The fourth-order valence-electron chi connectivity index (χ4n) is 2.35. The Morgan fingerprint density at radius 2 is 2.00 bits per heavy atom. The summed E-state index contributed by atoms with van der Waals surface area (Å²) in [6.45, 7) is 1.72. The molecule has 1 atom stereocenters. The molecule has 1 unspecified atom stereocenters. The molecule has 0 saturated carbocycles. The molecule has 6 nitrogen and oxygen atoms in total. The van der Waals surface area contributed by atoms with E-state index in [4.69, 9.17) is 5.11 Å². The van der Waals surface area contributed by atoms with Gasteiger partial charge in [-0.25, -0.2) is 13.2 Å². The average Bonchev–Trinajstić information content (AvgIpc) is 2.40. The van der Waals surface area contributed by atoms with Crippen LogP contribution in [-0.2, 0) is 14.6 Å². The van der Waals surface area contributed by atoms with E-state index in [-0.39, 0.29) is 11.3 Å². The van der Waals surface area contributed by atoms with Crippen LogP contribution in [0.25, 0.3) is 0 Å². The van der Waals surface area contributed by atoms with Gasteiger partial charge in [-0.1, -0.05) is 12.5 Å². The number of hydrogen-bond acceptors (Lipinski definition) is 4. The topological polar surface area (TPSA) is 101 Å². The second-order valence-electron chi connectivity index (χ2n) is 5.18. The maximum atomic E-state index is 12.2. The molecule has 2 N–H and O–H groups in total. The highest BCUT2D eigenvalue weighted by Crippen LogP contribution is 2.23. The summed E-state index contributed by atoms with van der Waals surface area (Å²) >= 11 is 0. The van der Waals surface area contributed by atoms with Crippen LogP contribution >= 0.6 is 0 Å². The highest BCUT2D eigenvalue weighted by molar-refractivity contribution is 7.92. The first-order valence-electron chi connectivity index (χ1n) is 6.67. The average molecular weight is 311 g/mol. The molecule has 1 aromatic rings. The lowest BCUT2D eigenvalue weighted by Gasteiger charge is -2.22. The number of benzene rings is 1. The predicted octanol–water partition coefficient (Wildman–Crippen LogP) is 1.60. The second kappa shape index (κ2) is 5.85. The maximum Gasteiger partial charge on any atom is 0.335 e. The minimum Gasteiger partial charge on any atom is -0.478 e. The largest absolute Gasteiger partial charge is 0.478 e. The lowest BCUT2D eigenvalue weighted by molar-refractivity contribution is -0.116. The first kappa shape index (κ1) is 15.5. The van der Waals surface area contributed by atoms with Crippen LogP contribution in [0.4, 0.5) is 5.69 Å². The molecule has 1 saturated heterocycles. The van der Waals surface area contributed by atoms with E-state index in [0.29, 0.717) is 30.5 Å². The van der Waals surface area contributed by atoms with E-state index in [0.717, 1.165) is 0 Å². The fraction of sp³-hybridized carbons (Fsp3) is 0.429. The smallest absolute Gasteiger partial charge is 0.335 e. The Morgan fingerprint density at radius 1 is 1.29 bits per heavy atom. The van der Waals surface area contributed by atoms with Gasteiger partial charge in [-0.3, -0.25) is 4.79 Å². The van der Waals surface area contributed by atoms with Crippen LogP contribution in [0, 0.1) is 6.92 Å². The fourth-order valence-corrected chi connectivity index (χ4v) is 4.15. The van der Waals surface area contributed by atoms with E-state index in [1.807, 2.05) is 0 Å². The van der Waals surface area contributed by atoms with Gasteiger partial charge in [0, 0.05) is 5.69 Å². The van der Waals surface area contributed by atoms with Gasteiger partial charge in [0.05, 0.1) is 11.3 Å². The zero-order chi connectivity index (χ0) is 15.6. The lowest BCUT2D eigenvalue weighted by atomic mass is 10.1. The summed E-state index contributed by atoms with van der Waals surface area (Å²) in [4.78, 5) is 23.1. The molecule has 114 valence electrons. The van der Waals surface area contributed by atoms with Crippen LogP contribution in [-0.4, -0.2) is 36.4 Å². The molecular weight excluding hydrogens is 294 g/mol. The molecule has 0 spiro atoms. The van der Waals surface area contributed by atoms with Crippen LogP contribution in [0.1, 0.15) is 35.2 Å². The summed E-state index contributed by atoms with van der Waals surface area (Å²) in [5.41, 5.74) is 1.06. The van der Waals surface area contributed by atoms with Crippen molar-refractivity contribution in [3.63, 3.8) is 0 Å². The molecule has 7 heteroatoms. The van der Waals surface area contributed by atoms with Crippen molar-refractivity contribution in [1.82, 2.24) is 0 Å². The molecule has 0 aliphatic carbocycles. The molecule has 1 aliphatic heterocycles. The second-order valence-corrected chi connectivity index (χ2v) is 7.48. The minimum absolute atomic E-state index is 0.0270. The first-order valence-corrected chi connectivity index (χ1v) is 8.39. The van der Waals surface area contributed by atoms with Crippen molar-refractivity contribution in [3.05, 3.63) is 29.3 Å². The van der Waals surface area contributed by atoms with E-state index in [1.165, 1.54) is 12.1 Å². The quantitative estimate of drug-likeness (QED) is 0.883. The molecular formula is C14H17NO5S. The predicted molar refractivity (Wildman–Crippen MR) is 78.2 cm³/mol. The van der Waals surface area contributed by atoms with Gasteiger partial charge in [-0.05, 0) is 37.5 Å². The van der Waals surface area contributed by atoms with Crippen molar-refractivity contribution >= 4 is 27.4 Å². The Hall–Kier alpha value is -1.89. The van der Waals surface area contributed by atoms with Crippen LogP contribution in [0.3, 0.4) is 0 Å². The summed E-state index contributed by atoms with van der Waals surface area (Å²) in [6, 6.07) is 4.35. The summed E-state index contributed by atoms with van der Waals surface area (Å²) in [5, 5.41) is 10.5. The number of amides is 1. The SMILES string of the molecule is Cc1ccc(C(=O)O)cc1NC(=O)C1CCCCS1(=O)=O. The molecule has 1 heterocycles. The third-order valence-corrected chi connectivity index (χ3v) is 5.79. The highest BCUT2D eigenvalue weighted by atomic mass is 32.2. The van der Waals surface area contributed by atoms with E-state index in [9.17, 15) is 18.0 Å². The van der Waals surface area contributed by atoms with E-state index in [2.05, 4.69) is 5.32 Å². The van der Waals surface area contributed by atoms with Gasteiger partial charge >= 0.3 is 5.97 Å². The van der Waals surface area contributed by atoms with Gasteiger partial charge in [-0.15, -0.1) is 0 Å². The van der Waals surface area contributed by atoms with Crippen LogP contribution < -0.4 is 5.32 Å². The van der Waals surface area contributed by atoms with Gasteiger partial charge in [0.1, 0.15) is 5.25 Å². The standard InChI is InChI=1S/C14H17NO5S/c1-9-5-6-10(14(17)18)8-11(9)15-13(16)12-4-2-3-7-21(12,19)20/h5-6,8,12H,2-4,7H2,1H3,(H,15,16)(H,17,18). The van der Waals surface area contributed by atoms with E-state index in [1.54, 1.807) is 13.0 Å². The molecule has 0 radical (unpaired) electrons. The van der Waals surface area contributed by atoms with Gasteiger partial charge < -0.3 is 10.4 Å². The van der Waals surface area contributed by atoms with E-state index < -0.39 is 27.0 Å². The summed E-state index contributed by atoms with van der Waals surface area (Å²) in [7, 11) is -3.41. The summed E-state index contributed by atoms with van der Waals surface area (Å²) in [5.74, 6) is -1.66. The van der Waals surface area contributed by atoms with Crippen LogP contribution in [0.15, 0.2) is 18.2 Å². The number of hydrogen-bond donors (Lipinski definition) is 2. The van der Waals surface area contributed by atoms with Crippen LogP contribution in [0.2, 0.25) is 0 Å². The first-order chi connectivity index (χ1) is 9.81. The zero-order valence-corrected chi connectivity index (χ0v) is 12.4. The number of carbonyl (C=O) groups excluding carboxylic acids is 1. The van der Waals surface area contributed by atoms with Crippen molar-refractivity contribution in [2.24, 2.45) is 0 Å². The molecule has 1 fully saturated rings. The maximum absolute atomic E-state index is 12.2. The number of carboxylic acids is 1. The third kappa shape index (κ3) is 3.41. The molecule has 2 rings (SSSR count). The number of anilines is 1. The number of carbonyl (C=O) groups is 2. The number of rotatable bonds is 3. The molecule has 0 aromatic heterocycles. The molecule has 0 bridgehead atoms. The Morgan fingerprint density at radius 3 is 2.62 bits per heavy atom. The van der Waals surface area contributed by atoms with Crippen molar-refractivity contribution < 1.29 is 23.1 Å². The van der Waals surface area contributed by atoms with Crippen molar-refractivity contribution in [1.29, 1.82) is 0 Å².